The van der Waals surface area contributed by atoms with Gasteiger partial charge >= 0.3 is 0 Å². The van der Waals surface area contributed by atoms with Crippen LogP contribution in [0, 0.1) is 0 Å². The summed E-state index contributed by atoms with van der Waals surface area (Å²) >= 11 is 1.26. The van der Waals surface area contributed by atoms with Crippen molar-refractivity contribution in [2.24, 2.45) is 0 Å². The van der Waals surface area contributed by atoms with Gasteiger partial charge in [-0.3, -0.25) is 4.79 Å². The normalized spacial score (nSPS) is 11.4. The summed E-state index contributed by atoms with van der Waals surface area (Å²) in [6, 6.07) is 14.5. The highest BCUT2D eigenvalue weighted by molar-refractivity contribution is 8.00. The Hall–Kier alpha value is -3.26. The average molecular weight is 426 g/mol. The molecule has 3 rings (SSSR count). The second-order valence-electron chi connectivity index (χ2n) is 6.27. The molecule has 1 atom stereocenters. The molecule has 0 aliphatic rings. The lowest BCUT2D eigenvalue weighted by molar-refractivity contribution is -0.119. The van der Waals surface area contributed by atoms with Crippen LogP contribution in [0.2, 0.25) is 0 Å². The summed E-state index contributed by atoms with van der Waals surface area (Å²) in [4.78, 5) is 21.1. The number of carbonyl (C=O) groups excluding carboxylic acids is 1. The van der Waals surface area contributed by atoms with Crippen LogP contribution in [-0.2, 0) is 4.79 Å². The Labute approximate surface area is 179 Å². The van der Waals surface area contributed by atoms with E-state index in [4.69, 9.17) is 14.2 Å². The van der Waals surface area contributed by atoms with Crippen molar-refractivity contribution in [2.45, 2.75) is 18.0 Å². The lowest BCUT2D eigenvalue weighted by Gasteiger charge is -2.18. The van der Waals surface area contributed by atoms with Crippen molar-refractivity contribution < 1.29 is 19.0 Å². The SMILES string of the molecule is COc1ccc(OC)c(C(C)NC(=O)CSc2nccnc2Oc2ccccc2)c1. The van der Waals surface area contributed by atoms with Crippen LogP contribution in [0.3, 0.4) is 0 Å². The van der Waals surface area contributed by atoms with Gasteiger partial charge in [0, 0.05) is 18.0 Å². The zero-order valence-electron chi connectivity index (χ0n) is 17.0. The van der Waals surface area contributed by atoms with Crippen LogP contribution in [0.15, 0.2) is 66.0 Å². The number of rotatable bonds is 9. The van der Waals surface area contributed by atoms with Gasteiger partial charge in [0.25, 0.3) is 5.88 Å². The zero-order valence-corrected chi connectivity index (χ0v) is 17.8. The smallest absolute Gasteiger partial charge is 0.252 e. The quantitative estimate of drug-likeness (QED) is 0.513. The molecule has 0 fully saturated rings. The molecule has 30 heavy (non-hydrogen) atoms. The van der Waals surface area contributed by atoms with Crippen molar-refractivity contribution in [3.8, 4) is 23.1 Å². The molecule has 156 valence electrons. The maximum absolute atomic E-state index is 12.5. The highest BCUT2D eigenvalue weighted by Crippen LogP contribution is 2.30. The third-order valence-electron chi connectivity index (χ3n) is 4.21. The van der Waals surface area contributed by atoms with E-state index in [0.29, 0.717) is 28.2 Å². The summed E-state index contributed by atoms with van der Waals surface area (Å²) in [6.07, 6.45) is 3.13. The van der Waals surface area contributed by atoms with Gasteiger partial charge in [-0.2, -0.15) is 0 Å². The number of para-hydroxylation sites is 1. The summed E-state index contributed by atoms with van der Waals surface area (Å²) < 4.78 is 16.5. The van der Waals surface area contributed by atoms with E-state index in [1.165, 1.54) is 11.8 Å². The standard InChI is InChI=1S/C22H23N3O4S/c1-15(18-13-17(27-2)9-10-19(18)28-3)25-20(26)14-30-22-21(23-11-12-24-22)29-16-7-5-4-6-8-16/h4-13,15H,14H2,1-3H3,(H,25,26). The first kappa shape index (κ1) is 21.4. The Morgan fingerprint density at radius 2 is 1.80 bits per heavy atom. The Balaban J connectivity index is 1.63. The van der Waals surface area contributed by atoms with Gasteiger partial charge in [0.2, 0.25) is 5.91 Å². The molecule has 1 amide bonds. The van der Waals surface area contributed by atoms with E-state index in [1.807, 2.05) is 55.5 Å². The number of aromatic nitrogens is 2. The molecule has 1 unspecified atom stereocenters. The number of nitrogens with one attached hydrogen (secondary N) is 1. The summed E-state index contributed by atoms with van der Waals surface area (Å²) in [7, 11) is 3.19. The van der Waals surface area contributed by atoms with Gasteiger partial charge in [-0.1, -0.05) is 30.0 Å². The van der Waals surface area contributed by atoms with Crippen LogP contribution < -0.4 is 19.5 Å². The fourth-order valence-electron chi connectivity index (χ4n) is 2.75. The van der Waals surface area contributed by atoms with Gasteiger partial charge in [0.15, 0.2) is 5.03 Å². The number of hydrogen-bond donors (Lipinski definition) is 1. The van der Waals surface area contributed by atoms with Gasteiger partial charge in [-0.05, 0) is 37.3 Å². The summed E-state index contributed by atoms with van der Waals surface area (Å²) in [5.74, 6) is 2.42. The molecule has 2 aromatic carbocycles. The maximum Gasteiger partial charge on any atom is 0.252 e. The van der Waals surface area contributed by atoms with Gasteiger partial charge in [0.1, 0.15) is 17.2 Å². The summed E-state index contributed by atoms with van der Waals surface area (Å²) in [6.45, 7) is 1.89. The highest BCUT2D eigenvalue weighted by atomic mass is 32.2. The van der Waals surface area contributed by atoms with Crippen LogP contribution in [0.5, 0.6) is 23.1 Å². The number of hydrogen-bond acceptors (Lipinski definition) is 7. The molecule has 1 N–H and O–H groups in total. The Morgan fingerprint density at radius 1 is 1.03 bits per heavy atom. The van der Waals surface area contributed by atoms with Crippen molar-refractivity contribution >= 4 is 17.7 Å². The van der Waals surface area contributed by atoms with Crippen LogP contribution >= 0.6 is 11.8 Å². The number of amides is 1. The van der Waals surface area contributed by atoms with E-state index in [0.717, 1.165) is 5.56 Å². The number of thioether (sulfide) groups is 1. The van der Waals surface area contributed by atoms with E-state index in [9.17, 15) is 4.79 Å². The highest BCUT2D eigenvalue weighted by Gasteiger charge is 2.17. The molecule has 0 saturated carbocycles. The van der Waals surface area contributed by atoms with Crippen LogP contribution in [0.25, 0.3) is 0 Å². The van der Waals surface area contributed by atoms with Crippen molar-refractivity contribution in [3.05, 3.63) is 66.5 Å². The molecule has 0 bridgehead atoms. The molecule has 0 aliphatic carbocycles. The van der Waals surface area contributed by atoms with E-state index in [-0.39, 0.29) is 17.7 Å². The minimum atomic E-state index is -0.259. The number of ether oxygens (including phenoxy) is 3. The minimum Gasteiger partial charge on any atom is -0.497 e. The van der Waals surface area contributed by atoms with Crippen molar-refractivity contribution in [2.75, 3.05) is 20.0 Å². The predicted molar refractivity (Wildman–Crippen MR) is 115 cm³/mol. The van der Waals surface area contributed by atoms with Crippen LogP contribution in [-0.4, -0.2) is 35.8 Å². The van der Waals surface area contributed by atoms with E-state index < -0.39 is 0 Å². The lowest BCUT2D eigenvalue weighted by Crippen LogP contribution is -2.28. The molecular weight excluding hydrogens is 402 g/mol. The van der Waals surface area contributed by atoms with E-state index >= 15 is 0 Å². The number of methoxy groups -OCH3 is 2. The molecule has 1 aromatic heterocycles. The van der Waals surface area contributed by atoms with Crippen molar-refractivity contribution in [1.29, 1.82) is 0 Å². The molecule has 8 heteroatoms. The van der Waals surface area contributed by atoms with Gasteiger partial charge in [0.05, 0.1) is 26.0 Å². The number of benzene rings is 2. The number of nitrogens with zero attached hydrogens (tertiary/aromatic N) is 2. The molecule has 3 aromatic rings. The Bertz CT molecular complexity index is 985. The van der Waals surface area contributed by atoms with Crippen LogP contribution in [0.1, 0.15) is 18.5 Å². The second-order valence-corrected chi connectivity index (χ2v) is 7.23. The third kappa shape index (κ3) is 5.64. The predicted octanol–water partition coefficient (Wildman–Crippen LogP) is 4.26. The first-order valence-electron chi connectivity index (χ1n) is 9.28. The fraction of sp³-hybridized carbons (Fsp3) is 0.227. The lowest BCUT2D eigenvalue weighted by atomic mass is 10.1. The first-order valence-corrected chi connectivity index (χ1v) is 10.3. The number of carbonyl (C=O) groups is 1. The maximum atomic E-state index is 12.5. The molecular formula is C22H23N3O4S. The van der Waals surface area contributed by atoms with E-state index in [2.05, 4.69) is 15.3 Å². The van der Waals surface area contributed by atoms with Gasteiger partial charge in [-0.25, -0.2) is 9.97 Å². The molecule has 0 aliphatic heterocycles. The monoisotopic (exact) mass is 425 g/mol. The van der Waals surface area contributed by atoms with Crippen LogP contribution in [0.4, 0.5) is 0 Å². The Morgan fingerprint density at radius 3 is 2.53 bits per heavy atom. The Kier molecular flexibility index (Phi) is 7.51. The molecule has 0 radical (unpaired) electrons. The van der Waals surface area contributed by atoms with Gasteiger partial charge < -0.3 is 19.5 Å². The third-order valence-corrected chi connectivity index (χ3v) is 5.17. The largest absolute Gasteiger partial charge is 0.497 e. The summed E-state index contributed by atoms with van der Waals surface area (Å²) in [5, 5.41) is 3.52. The van der Waals surface area contributed by atoms with Crippen molar-refractivity contribution in [1.82, 2.24) is 15.3 Å². The average Bonchev–Trinajstić information content (AvgIpc) is 2.78. The molecule has 1 heterocycles. The second kappa shape index (κ2) is 10.5. The van der Waals surface area contributed by atoms with Gasteiger partial charge in [-0.15, -0.1) is 0 Å². The topological polar surface area (TPSA) is 82.6 Å². The summed E-state index contributed by atoms with van der Waals surface area (Å²) in [5.41, 5.74) is 0.836. The first-order chi connectivity index (χ1) is 14.6. The molecule has 0 spiro atoms. The van der Waals surface area contributed by atoms with Crippen molar-refractivity contribution in [3.63, 3.8) is 0 Å². The zero-order chi connectivity index (χ0) is 21.3. The molecule has 7 nitrogen and oxygen atoms in total. The van der Waals surface area contributed by atoms with E-state index in [1.54, 1.807) is 26.6 Å². The fourth-order valence-corrected chi connectivity index (χ4v) is 3.46. The molecule has 0 saturated heterocycles. The minimum absolute atomic E-state index is 0.145.